The highest BCUT2D eigenvalue weighted by Crippen LogP contribution is 2.41. The van der Waals surface area contributed by atoms with Crippen molar-refractivity contribution in [3.8, 4) is 0 Å². The summed E-state index contributed by atoms with van der Waals surface area (Å²) in [4.78, 5) is 0. The van der Waals surface area contributed by atoms with Crippen LogP contribution in [-0.4, -0.2) is 89.5 Å². The van der Waals surface area contributed by atoms with Crippen LogP contribution < -0.4 is 0 Å². The fourth-order valence-electron chi connectivity index (χ4n) is 6.70. The second kappa shape index (κ2) is 16.7. The number of hydrogen-bond donors (Lipinski definition) is 0. The summed E-state index contributed by atoms with van der Waals surface area (Å²) in [5.41, 5.74) is 0. The predicted octanol–water partition coefficient (Wildman–Crippen LogP) is 8.10. The third-order valence-electron chi connectivity index (χ3n) is 10.6. The normalized spacial score (nSPS) is 38.5. The zero-order valence-electron chi connectivity index (χ0n) is 29.9. The van der Waals surface area contributed by atoms with Crippen molar-refractivity contribution in [1.29, 1.82) is 0 Å². The Labute approximate surface area is 293 Å². The number of halogens is 1. The first kappa shape index (κ1) is 38.6. The van der Waals surface area contributed by atoms with E-state index in [1.165, 1.54) is 0 Å². The molecular formula is C36H61IO8Si. The van der Waals surface area contributed by atoms with Crippen LogP contribution >= 0.6 is 22.6 Å². The molecule has 8 nitrogen and oxygen atoms in total. The van der Waals surface area contributed by atoms with Crippen LogP contribution in [0.1, 0.15) is 80.6 Å². The topological polar surface area (TPSA) is 73.8 Å². The van der Waals surface area contributed by atoms with Gasteiger partial charge in [0.05, 0.1) is 36.6 Å². The van der Waals surface area contributed by atoms with Gasteiger partial charge in [-0.1, -0.05) is 81.5 Å². The van der Waals surface area contributed by atoms with Gasteiger partial charge in [0, 0.05) is 38.4 Å². The third-order valence-corrected chi connectivity index (χ3v) is 15.5. The van der Waals surface area contributed by atoms with Crippen molar-refractivity contribution in [3.05, 3.63) is 34.5 Å². The second-order valence-corrected chi connectivity index (χ2v) is 21.0. The first-order valence-electron chi connectivity index (χ1n) is 17.3. The molecule has 0 spiro atoms. The average Bonchev–Trinajstić information content (AvgIpc) is 3.49. The monoisotopic (exact) mass is 776 g/mol. The van der Waals surface area contributed by atoms with Gasteiger partial charge >= 0.3 is 0 Å². The molecule has 4 fully saturated rings. The maximum atomic E-state index is 6.85. The molecule has 4 rings (SSSR count). The van der Waals surface area contributed by atoms with Gasteiger partial charge in [0.2, 0.25) is 0 Å². The van der Waals surface area contributed by atoms with Gasteiger partial charge in [-0.15, -0.1) is 0 Å². The Kier molecular flexibility index (Phi) is 14.0. The minimum absolute atomic E-state index is 0.0172. The Morgan fingerprint density at radius 3 is 2.28 bits per heavy atom. The highest BCUT2D eigenvalue weighted by molar-refractivity contribution is 14.1. The van der Waals surface area contributed by atoms with Gasteiger partial charge < -0.3 is 37.6 Å². The molecule has 4 aliphatic rings. The Hall–Kier alpha value is -0.153. The molecule has 0 amide bonds. The van der Waals surface area contributed by atoms with Crippen LogP contribution in [-0.2, 0) is 37.6 Å². The molecule has 10 heteroatoms. The van der Waals surface area contributed by atoms with Gasteiger partial charge in [0.1, 0.15) is 25.1 Å². The van der Waals surface area contributed by atoms with Gasteiger partial charge in [-0.2, -0.15) is 0 Å². The lowest BCUT2D eigenvalue weighted by Gasteiger charge is -2.42. The Bertz CT molecular complexity index is 1040. The van der Waals surface area contributed by atoms with E-state index in [0.29, 0.717) is 12.3 Å². The van der Waals surface area contributed by atoms with Crippen LogP contribution in [0.25, 0.3) is 0 Å². The minimum Gasteiger partial charge on any atom is -0.417 e. The summed E-state index contributed by atoms with van der Waals surface area (Å²) in [6.45, 7) is 20.9. The van der Waals surface area contributed by atoms with Gasteiger partial charge in [-0.05, 0) is 61.4 Å². The molecule has 0 aromatic carbocycles. The Morgan fingerprint density at radius 1 is 0.870 bits per heavy atom. The molecule has 0 aromatic rings. The number of rotatable bonds is 14. The van der Waals surface area contributed by atoms with E-state index in [1.54, 1.807) is 7.11 Å². The third kappa shape index (κ3) is 9.97. The standard InChI is InChI=1S/C36H61IO8Si/c1-24-26(16-14-17-27-25(2)31-22-32(41-27)28(43-31)18-19-37)42-33(21-30(24)39-23-38-8)34-29(44-36(6,7)45-34)15-12-11-13-20-40-46(9,10)35(3,4)5/h12,14-15,17-19,24-34H,11,13,16,20-23H2,1-10H3/b15-12+,17-14+,19-18+/t24-,25-,26+,27-,28+,29-,30-,31+,32+,33+,34-/m0/s1. The molecule has 11 atom stereocenters. The quantitative estimate of drug-likeness (QED) is 0.0577. The van der Waals surface area contributed by atoms with Gasteiger partial charge in [0.25, 0.3) is 0 Å². The molecule has 0 unspecified atom stereocenters. The molecule has 4 aliphatic heterocycles. The molecule has 0 saturated carbocycles. The molecule has 2 bridgehead atoms. The van der Waals surface area contributed by atoms with Gasteiger partial charge in [-0.25, -0.2) is 0 Å². The van der Waals surface area contributed by atoms with Crippen molar-refractivity contribution in [2.45, 2.75) is 159 Å². The number of unbranched alkanes of at least 4 members (excludes halogenated alkanes) is 1. The zero-order valence-corrected chi connectivity index (χ0v) is 33.1. The molecule has 0 radical (unpaired) electrons. The highest BCUT2D eigenvalue weighted by Gasteiger charge is 2.49. The summed E-state index contributed by atoms with van der Waals surface area (Å²) in [5.74, 6) is -0.216. The average molecular weight is 777 g/mol. The summed E-state index contributed by atoms with van der Waals surface area (Å²) in [5, 5.41) is 0.221. The van der Waals surface area contributed by atoms with Crippen molar-refractivity contribution in [2.75, 3.05) is 20.5 Å². The highest BCUT2D eigenvalue weighted by atomic mass is 127. The summed E-state index contributed by atoms with van der Waals surface area (Å²) < 4.78 is 52.4. The molecular weight excluding hydrogens is 715 g/mol. The van der Waals surface area contributed by atoms with E-state index in [2.05, 4.69) is 101 Å². The van der Waals surface area contributed by atoms with E-state index in [4.69, 9.17) is 37.6 Å². The van der Waals surface area contributed by atoms with Crippen LogP contribution in [0.2, 0.25) is 18.1 Å². The molecule has 0 aliphatic carbocycles. The first-order valence-corrected chi connectivity index (χ1v) is 21.5. The lowest BCUT2D eigenvalue weighted by Crippen LogP contribution is -2.50. The van der Waals surface area contributed by atoms with Crippen LogP contribution in [0.5, 0.6) is 0 Å². The van der Waals surface area contributed by atoms with Crippen molar-refractivity contribution in [1.82, 2.24) is 0 Å². The van der Waals surface area contributed by atoms with E-state index in [0.717, 1.165) is 32.3 Å². The number of ether oxygens (including phenoxy) is 7. The van der Waals surface area contributed by atoms with Crippen LogP contribution in [0.3, 0.4) is 0 Å². The van der Waals surface area contributed by atoms with Crippen molar-refractivity contribution < 1.29 is 37.6 Å². The maximum Gasteiger partial charge on any atom is 0.191 e. The minimum atomic E-state index is -1.73. The van der Waals surface area contributed by atoms with E-state index < -0.39 is 14.1 Å². The van der Waals surface area contributed by atoms with E-state index in [-0.39, 0.29) is 72.7 Å². The van der Waals surface area contributed by atoms with E-state index in [1.807, 2.05) is 17.9 Å². The number of methoxy groups -OCH3 is 1. The molecule has 0 N–H and O–H groups in total. The Balaban J connectivity index is 1.38. The van der Waals surface area contributed by atoms with Gasteiger partial charge in [-0.3, -0.25) is 0 Å². The predicted molar refractivity (Wildman–Crippen MR) is 193 cm³/mol. The molecule has 0 aromatic heterocycles. The fourth-order valence-corrected chi connectivity index (χ4v) is 8.20. The fraction of sp³-hybridized carbons (Fsp3) is 0.833. The van der Waals surface area contributed by atoms with Crippen molar-refractivity contribution in [2.24, 2.45) is 11.8 Å². The lowest BCUT2D eigenvalue weighted by atomic mass is 9.85. The molecule has 4 saturated heterocycles. The zero-order chi connectivity index (χ0) is 33.7. The smallest absolute Gasteiger partial charge is 0.191 e. The molecule has 4 heterocycles. The van der Waals surface area contributed by atoms with E-state index in [9.17, 15) is 0 Å². The summed E-state index contributed by atoms with van der Waals surface area (Å²) >= 11 is 2.25. The summed E-state index contributed by atoms with van der Waals surface area (Å²) in [6, 6.07) is 0. The van der Waals surface area contributed by atoms with Crippen LogP contribution in [0.15, 0.2) is 34.5 Å². The van der Waals surface area contributed by atoms with Crippen molar-refractivity contribution in [3.63, 3.8) is 0 Å². The molecule has 46 heavy (non-hydrogen) atoms. The molecule has 264 valence electrons. The number of hydrogen-bond acceptors (Lipinski definition) is 8. The van der Waals surface area contributed by atoms with Crippen LogP contribution in [0, 0.1) is 11.8 Å². The first-order chi connectivity index (χ1) is 21.7. The lowest BCUT2D eigenvalue weighted by molar-refractivity contribution is -0.210. The van der Waals surface area contributed by atoms with E-state index >= 15 is 0 Å². The number of allylic oxidation sites excluding steroid dienone is 1. The maximum absolute atomic E-state index is 6.85. The van der Waals surface area contributed by atoms with Crippen molar-refractivity contribution >= 4 is 30.9 Å². The summed E-state index contributed by atoms with van der Waals surface area (Å²) in [6.07, 6.45) is 15.0. The summed E-state index contributed by atoms with van der Waals surface area (Å²) in [7, 11) is -0.0653. The SMILES string of the molecule is COCO[C@H]1C[C@H]([C@H]2OC(C)(C)O[C@H]2/C=C/CCCO[Si](C)(C)C(C)(C)C)O[C@H](C/C=C/[C@@H]2O[C@@H]3C[C@@H](O[C@@H]3/C=C/I)[C@H]2C)[C@@H]1C. The largest absolute Gasteiger partial charge is 0.417 e. The van der Waals surface area contributed by atoms with Crippen LogP contribution in [0.4, 0.5) is 0 Å². The Morgan fingerprint density at radius 2 is 1.59 bits per heavy atom. The number of fused-ring (bicyclic) bond motifs is 2. The van der Waals surface area contributed by atoms with Gasteiger partial charge in [0.15, 0.2) is 14.1 Å². The second-order valence-electron chi connectivity index (χ2n) is 15.5.